The molecular formula is C16H14N2O3. The Bertz CT molecular complexity index is 663. The Morgan fingerprint density at radius 1 is 1.19 bits per heavy atom. The predicted octanol–water partition coefficient (Wildman–Crippen LogP) is 2.58. The van der Waals surface area contributed by atoms with Crippen LogP contribution in [-0.2, 0) is 4.79 Å². The first-order valence-corrected chi connectivity index (χ1v) is 6.29. The van der Waals surface area contributed by atoms with Crippen molar-refractivity contribution in [3.8, 4) is 17.6 Å². The van der Waals surface area contributed by atoms with Crippen LogP contribution in [0, 0.1) is 11.3 Å². The molecule has 0 aromatic heterocycles. The van der Waals surface area contributed by atoms with Crippen molar-refractivity contribution < 1.29 is 14.3 Å². The summed E-state index contributed by atoms with van der Waals surface area (Å²) in [5, 5.41) is 11.5. The Kier molecular flexibility index (Phi) is 4.78. The van der Waals surface area contributed by atoms with E-state index in [1.54, 1.807) is 30.3 Å². The van der Waals surface area contributed by atoms with Crippen LogP contribution in [0.3, 0.4) is 0 Å². The van der Waals surface area contributed by atoms with Crippen LogP contribution in [0.5, 0.6) is 11.5 Å². The van der Waals surface area contributed by atoms with Crippen LogP contribution < -0.4 is 14.8 Å². The molecule has 0 unspecified atom stereocenters. The topological polar surface area (TPSA) is 71.3 Å². The van der Waals surface area contributed by atoms with Crippen molar-refractivity contribution in [2.24, 2.45) is 0 Å². The molecule has 5 heteroatoms. The minimum Gasteiger partial charge on any atom is -0.493 e. The number of para-hydroxylation sites is 1. The van der Waals surface area contributed by atoms with E-state index >= 15 is 0 Å². The zero-order chi connectivity index (χ0) is 15.1. The van der Waals surface area contributed by atoms with E-state index in [4.69, 9.17) is 14.7 Å². The molecule has 0 spiro atoms. The van der Waals surface area contributed by atoms with Crippen molar-refractivity contribution in [2.75, 3.05) is 19.0 Å². The van der Waals surface area contributed by atoms with Gasteiger partial charge < -0.3 is 14.8 Å². The fourth-order valence-electron chi connectivity index (χ4n) is 1.72. The molecule has 2 rings (SSSR count). The van der Waals surface area contributed by atoms with Gasteiger partial charge >= 0.3 is 0 Å². The fourth-order valence-corrected chi connectivity index (χ4v) is 1.72. The Labute approximate surface area is 122 Å². The number of amides is 1. The SMILES string of the molecule is COc1cc(C#N)ccc1OCC(=O)Nc1ccccc1. The average Bonchev–Trinajstić information content (AvgIpc) is 2.53. The maximum atomic E-state index is 11.8. The van der Waals surface area contributed by atoms with Gasteiger partial charge in [-0.15, -0.1) is 0 Å². The summed E-state index contributed by atoms with van der Waals surface area (Å²) in [7, 11) is 1.48. The summed E-state index contributed by atoms with van der Waals surface area (Å²) in [5.74, 6) is 0.564. The summed E-state index contributed by atoms with van der Waals surface area (Å²) in [6.07, 6.45) is 0. The van der Waals surface area contributed by atoms with E-state index in [0.29, 0.717) is 22.7 Å². The molecule has 1 amide bonds. The minimum atomic E-state index is -0.271. The van der Waals surface area contributed by atoms with Crippen molar-refractivity contribution in [3.05, 3.63) is 54.1 Å². The van der Waals surface area contributed by atoms with E-state index in [2.05, 4.69) is 5.32 Å². The lowest BCUT2D eigenvalue weighted by Crippen LogP contribution is -2.20. The molecule has 1 N–H and O–H groups in total. The molecule has 0 fully saturated rings. The average molecular weight is 282 g/mol. The third-order valence-corrected chi connectivity index (χ3v) is 2.71. The molecule has 0 saturated heterocycles. The standard InChI is InChI=1S/C16H14N2O3/c1-20-15-9-12(10-17)7-8-14(15)21-11-16(19)18-13-5-3-2-4-6-13/h2-9H,11H2,1H3,(H,18,19). The van der Waals surface area contributed by atoms with Crippen molar-refractivity contribution >= 4 is 11.6 Å². The second-order valence-electron chi connectivity index (χ2n) is 4.18. The number of nitrogens with zero attached hydrogens (tertiary/aromatic N) is 1. The highest BCUT2D eigenvalue weighted by Crippen LogP contribution is 2.27. The number of methoxy groups -OCH3 is 1. The van der Waals surface area contributed by atoms with Gasteiger partial charge in [0, 0.05) is 11.8 Å². The van der Waals surface area contributed by atoms with E-state index in [-0.39, 0.29) is 12.5 Å². The lowest BCUT2D eigenvalue weighted by Gasteiger charge is -2.11. The highest BCUT2D eigenvalue weighted by Gasteiger charge is 2.08. The smallest absolute Gasteiger partial charge is 0.262 e. The van der Waals surface area contributed by atoms with Gasteiger partial charge in [-0.2, -0.15) is 5.26 Å². The largest absolute Gasteiger partial charge is 0.493 e. The number of ether oxygens (including phenoxy) is 2. The van der Waals surface area contributed by atoms with Crippen LogP contribution >= 0.6 is 0 Å². The predicted molar refractivity (Wildman–Crippen MR) is 78.3 cm³/mol. The number of nitrogens with one attached hydrogen (secondary N) is 1. The first-order chi connectivity index (χ1) is 10.2. The maximum Gasteiger partial charge on any atom is 0.262 e. The van der Waals surface area contributed by atoms with Crippen LogP contribution in [0.4, 0.5) is 5.69 Å². The fraction of sp³-hybridized carbons (Fsp3) is 0.125. The summed E-state index contributed by atoms with van der Waals surface area (Å²) in [4.78, 5) is 11.8. The van der Waals surface area contributed by atoms with Crippen molar-refractivity contribution in [2.45, 2.75) is 0 Å². The van der Waals surface area contributed by atoms with Crippen molar-refractivity contribution in [1.29, 1.82) is 5.26 Å². The highest BCUT2D eigenvalue weighted by atomic mass is 16.5. The van der Waals surface area contributed by atoms with Crippen LogP contribution in [-0.4, -0.2) is 19.6 Å². The number of carbonyl (C=O) groups is 1. The van der Waals surface area contributed by atoms with Gasteiger partial charge in [0.25, 0.3) is 5.91 Å². The van der Waals surface area contributed by atoms with Gasteiger partial charge in [-0.3, -0.25) is 4.79 Å². The molecule has 0 saturated carbocycles. The molecule has 2 aromatic rings. The van der Waals surface area contributed by atoms with Crippen molar-refractivity contribution in [3.63, 3.8) is 0 Å². The molecule has 0 aliphatic heterocycles. The second kappa shape index (κ2) is 6.96. The number of rotatable bonds is 5. The van der Waals surface area contributed by atoms with Gasteiger partial charge in [-0.1, -0.05) is 18.2 Å². The zero-order valence-electron chi connectivity index (χ0n) is 11.5. The zero-order valence-corrected chi connectivity index (χ0v) is 11.5. The number of anilines is 1. The lowest BCUT2D eigenvalue weighted by molar-refractivity contribution is -0.118. The first kappa shape index (κ1) is 14.4. The van der Waals surface area contributed by atoms with Gasteiger partial charge in [0.2, 0.25) is 0 Å². The number of nitriles is 1. The van der Waals surface area contributed by atoms with Gasteiger partial charge in [-0.05, 0) is 24.3 Å². The number of hydrogen-bond acceptors (Lipinski definition) is 4. The Morgan fingerprint density at radius 3 is 2.62 bits per heavy atom. The molecule has 0 aliphatic carbocycles. The number of carbonyl (C=O) groups excluding carboxylic acids is 1. The second-order valence-corrected chi connectivity index (χ2v) is 4.18. The third kappa shape index (κ3) is 3.98. The molecule has 21 heavy (non-hydrogen) atoms. The van der Waals surface area contributed by atoms with E-state index < -0.39 is 0 Å². The molecule has 5 nitrogen and oxygen atoms in total. The normalized spacial score (nSPS) is 9.52. The van der Waals surface area contributed by atoms with Crippen LogP contribution in [0.25, 0.3) is 0 Å². The van der Waals surface area contributed by atoms with Gasteiger partial charge in [0.05, 0.1) is 18.7 Å². The van der Waals surface area contributed by atoms with Crippen LogP contribution in [0.2, 0.25) is 0 Å². The molecule has 2 aromatic carbocycles. The summed E-state index contributed by atoms with van der Waals surface area (Å²) in [6, 6.07) is 15.9. The Morgan fingerprint density at radius 2 is 1.95 bits per heavy atom. The summed E-state index contributed by atoms with van der Waals surface area (Å²) >= 11 is 0. The molecule has 0 aliphatic rings. The molecule has 0 bridgehead atoms. The Hall–Kier alpha value is -3.00. The quantitative estimate of drug-likeness (QED) is 0.915. The first-order valence-electron chi connectivity index (χ1n) is 6.29. The molecule has 0 radical (unpaired) electrons. The molecule has 0 heterocycles. The minimum absolute atomic E-state index is 0.142. The lowest BCUT2D eigenvalue weighted by atomic mass is 10.2. The maximum absolute atomic E-state index is 11.8. The van der Waals surface area contributed by atoms with E-state index in [9.17, 15) is 4.79 Å². The van der Waals surface area contributed by atoms with E-state index in [1.165, 1.54) is 7.11 Å². The monoisotopic (exact) mass is 282 g/mol. The van der Waals surface area contributed by atoms with E-state index in [1.807, 2.05) is 24.3 Å². The summed E-state index contributed by atoms with van der Waals surface area (Å²) in [6.45, 7) is -0.142. The van der Waals surface area contributed by atoms with Crippen LogP contribution in [0.15, 0.2) is 48.5 Å². The summed E-state index contributed by atoms with van der Waals surface area (Å²) < 4.78 is 10.5. The van der Waals surface area contributed by atoms with Crippen molar-refractivity contribution in [1.82, 2.24) is 0 Å². The Balaban J connectivity index is 1.97. The van der Waals surface area contributed by atoms with Gasteiger partial charge in [-0.25, -0.2) is 0 Å². The van der Waals surface area contributed by atoms with E-state index in [0.717, 1.165) is 0 Å². The number of hydrogen-bond donors (Lipinski definition) is 1. The van der Waals surface area contributed by atoms with Gasteiger partial charge in [0.1, 0.15) is 0 Å². The molecule has 106 valence electrons. The third-order valence-electron chi connectivity index (χ3n) is 2.71. The molecule has 0 atom stereocenters. The highest BCUT2D eigenvalue weighted by molar-refractivity contribution is 5.91. The molecular weight excluding hydrogens is 268 g/mol. The van der Waals surface area contributed by atoms with Gasteiger partial charge in [0.15, 0.2) is 18.1 Å². The van der Waals surface area contributed by atoms with Crippen LogP contribution in [0.1, 0.15) is 5.56 Å². The summed E-state index contributed by atoms with van der Waals surface area (Å²) in [5.41, 5.74) is 1.17. The number of benzene rings is 2.